The second-order valence-electron chi connectivity index (χ2n) is 3.16. The van der Waals surface area contributed by atoms with Crippen molar-refractivity contribution in [1.29, 1.82) is 0 Å². The first-order chi connectivity index (χ1) is 6.69. The standard InChI is InChI=1S/C8H9ClF3NOS/c1-4(13)7(14,8(10,11)12)5-2-3-6(9)15-5/h2-4,14H,13H2,1H3. The van der Waals surface area contributed by atoms with E-state index in [2.05, 4.69) is 0 Å². The molecule has 3 N–H and O–H groups in total. The van der Waals surface area contributed by atoms with E-state index in [4.69, 9.17) is 17.3 Å². The molecular weight excluding hydrogens is 251 g/mol. The first kappa shape index (κ1) is 12.8. The summed E-state index contributed by atoms with van der Waals surface area (Å²) in [7, 11) is 0. The molecule has 15 heavy (non-hydrogen) atoms. The number of nitrogens with two attached hydrogens (primary N) is 1. The number of halogens is 4. The Morgan fingerprint density at radius 2 is 2.00 bits per heavy atom. The van der Waals surface area contributed by atoms with E-state index in [-0.39, 0.29) is 9.21 Å². The van der Waals surface area contributed by atoms with Crippen LogP contribution in [-0.4, -0.2) is 17.3 Å². The van der Waals surface area contributed by atoms with Gasteiger partial charge in [-0.15, -0.1) is 11.3 Å². The molecule has 0 saturated carbocycles. The lowest BCUT2D eigenvalue weighted by Gasteiger charge is -2.32. The molecule has 0 bridgehead atoms. The maximum absolute atomic E-state index is 12.7. The summed E-state index contributed by atoms with van der Waals surface area (Å²) in [6.45, 7) is 1.10. The van der Waals surface area contributed by atoms with E-state index in [0.29, 0.717) is 11.3 Å². The summed E-state index contributed by atoms with van der Waals surface area (Å²) >= 11 is 6.19. The topological polar surface area (TPSA) is 46.2 Å². The molecule has 0 fully saturated rings. The highest BCUT2D eigenvalue weighted by Crippen LogP contribution is 2.44. The number of rotatable bonds is 2. The zero-order valence-corrected chi connectivity index (χ0v) is 9.25. The van der Waals surface area contributed by atoms with Crippen molar-refractivity contribution in [3.63, 3.8) is 0 Å². The molecule has 2 unspecified atom stereocenters. The van der Waals surface area contributed by atoms with Crippen molar-refractivity contribution in [3.05, 3.63) is 21.3 Å². The molecule has 0 radical (unpaired) electrons. The third kappa shape index (κ3) is 2.13. The molecule has 0 aliphatic carbocycles. The summed E-state index contributed by atoms with van der Waals surface area (Å²) in [5, 5.41) is 9.61. The first-order valence-corrected chi connectivity index (χ1v) is 5.19. The average Bonchev–Trinajstić information content (AvgIpc) is 2.48. The monoisotopic (exact) mass is 259 g/mol. The van der Waals surface area contributed by atoms with Gasteiger partial charge in [0.2, 0.25) is 5.60 Å². The van der Waals surface area contributed by atoms with Crippen LogP contribution >= 0.6 is 22.9 Å². The van der Waals surface area contributed by atoms with E-state index in [1.807, 2.05) is 0 Å². The third-order valence-corrected chi connectivity index (χ3v) is 3.40. The van der Waals surface area contributed by atoms with Crippen LogP contribution in [0.2, 0.25) is 4.34 Å². The number of hydrogen-bond acceptors (Lipinski definition) is 3. The van der Waals surface area contributed by atoms with E-state index in [0.717, 1.165) is 13.0 Å². The second-order valence-corrected chi connectivity index (χ2v) is 4.87. The van der Waals surface area contributed by atoms with Crippen molar-refractivity contribution in [2.45, 2.75) is 24.7 Å². The lowest BCUT2D eigenvalue weighted by atomic mass is 9.93. The van der Waals surface area contributed by atoms with E-state index in [1.165, 1.54) is 6.07 Å². The Morgan fingerprint density at radius 1 is 1.47 bits per heavy atom. The molecule has 0 aliphatic heterocycles. The Morgan fingerprint density at radius 3 is 2.27 bits per heavy atom. The molecule has 2 atom stereocenters. The van der Waals surface area contributed by atoms with Crippen LogP contribution in [0.1, 0.15) is 11.8 Å². The summed E-state index contributed by atoms with van der Waals surface area (Å²) in [5.74, 6) is 0. The van der Waals surface area contributed by atoms with E-state index in [9.17, 15) is 18.3 Å². The Hall–Kier alpha value is -0.300. The quantitative estimate of drug-likeness (QED) is 0.857. The van der Waals surface area contributed by atoms with Gasteiger partial charge in [-0.1, -0.05) is 11.6 Å². The highest BCUT2D eigenvalue weighted by Gasteiger charge is 2.58. The van der Waals surface area contributed by atoms with Gasteiger partial charge in [-0.3, -0.25) is 0 Å². The number of aliphatic hydroxyl groups is 1. The number of thiophene rings is 1. The fourth-order valence-corrected chi connectivity index (χ4v) is 2.39. The molecule has 86 valence electrons. The van der Waals surface area contributed by atoms with Gasteiger partial charge in [-0.25, -0.2) is 0 Å². The van der Waals surface area contributed by atoms with Crippen LogP contribution in [0.25, 0.3) is 0 Å². The molecule has 2 nitrogen and oxygen atoms in total. The largest absolute Gasteiger partial charge is 0.423 e. The summed E-state index contributed by atoms with van der Waals surface area (Å²) in [6, 6.07) is 0.956. The zero-order chi connectivity index (χ0) is 11.9. The van der Waals surface area contributed by atoms with Crippen molar-refractivity contribution in [2.75, 3.05) is 0 Å². The van der Waals surface area contributed by atoms with Crippen molar-refractivity contribution in [2.24, 2.45) is 5.73 Å². The Balaban J connectivity index is 3.25. The summed E-state index contributed by atoms with van der Waals surface area (Å²) < 4.78 is 38.2. The maximum Gasteiger partial charge on any atom is 0.423 e. The molecule has 0 aliphatic rings. The van der Waals surface area contributed by atoms with Gasteiger partial charge in [0.05, 0.1) is 4.34 Å². The summed E-state index contributed by atoms with van der Waals surface area (Å²) in [6.07, 6.45) is -4.82. The number of alkyl halides is 3. The molecule has 1 heterocycles. The lowest BCUT2D eigenvalue weighted by molar-refractivity contribution is -0.271. The molecule has 0 aromatic carbocycles. The molecular formula is C8H9ClF3NOS. The first-order valence-electron chi connectivity index (χ1n) is 4.00. The summed E-state index contributed by atoms with van der Waals surface area (Å²) in [5.41, 5.74) is 2.16. The van der Waals surface area contributed by atoms with Crippen LogP contribution in [0.4, 0.5) is 13.2 Å². The highest BCUT2D eigenvalue weighted by atomic mass is 35.5. The van der Waals surface area contributed by atoms with Crippen molar-refractivity contribution in [1.82, 2.24) is 0 Å². The van der Waals surface area contributed by atoms with Gasteiger partial charge in [-0.2, -0.15) is 13.2 Å². The zero-order valence-electron chi connectivity index (χ0n) is 7.68. The minimum absolute atomic E-state index is 0.174. The minimum Gasteiger partial charge on any atom is -0.375 e. The second kappa shape index (κ2) is 3.93. The van der Waals surface area contributed by atoms with E-state index >= 15 is 0 Å². The molecule has 1 rings (SSSR count). The van der Waals surface area contributed by atoms with E-state index in [1.54, 1.807) is 0 Å². The highest BCUT2D eigenvalue weighted by molar-refractivity contribution is 7.16. The molecule has 1 aromatic rings. The van der Waals surface area contributed by atoms with Crippen LogP contribution in [0.15, 0.2) is 12.1 Å². The summed E-state index contributed by atoms with van der Waals surface area (Å²) in [4.78, 5) is -0.296. The van der Waals surface area contributed by atoms with Gasteiger partial charge in [0.25, 0.3) is 0 Å². The van der Waals surface area contributed by atoms with Gasteiger partial charge >= 0.3 is 6.18 Å². The lowest BCUT2D eigenvalue weighted by Crippen LogP contribution is -2.53. The third-order valence-electron chi connectivity index (χ3n) is 2.04. The SMILES string of the molecule is CC(N)C(O)(c1ccc(Cl)s1)C(F)(F)F. The van der Waals surface area contributed by atoms with Crippen molar-refractivity contribution < 1.29 is 18.3 Å². The fourth-order valence-electron chi connectivity index (χ4n) is 1.14. The number of hydrogen-bond donors (Lipinski definition) is 2. The van der Waals surface area contributed by atoms with Crippen LogP contribution < -0.4 is 5.73 Å². The van der Waals surface area contributed by atoms with Gasteiger partial charge in [0.15, 0.2) is 0 Å². The average molecular weight is 260 g/mol. The van der Waals surface area contributed by atoms with Gasteiger partial charge in [0.1, 0.15) is 0 Å². The van der Waals surface area contributed by atoms with Crippen LogP contribution in [0.3, 0.4) is 0 Å². The van der Waals surface area contributed by atoms with Crippen LogP contribution in [-0.2, 0) is 5.60 Å². The Bertz CT molecular complexity index is 352. The molecule has 7 heteroatoms. The van der Waals surface area contributed by atoms with Crippen LogP contribution in [0, 0.1) is 0 Å². The fraction of sp³-hybridized carbons (Fsp3) is 0.500. The van der Waals surface area contributed by atoms with Gasteiger partial charge in [0, 0.05) is 10.9 Å². The van der Waals surface area contributed by atoms with Crippen LogP contribution in [0.5, 0.6) is 0 Å². The Labute approximate surface area is 93.5 Å². The molecule has 1 aromatic heterocycles. The predicted octanol–water partition coefficient (Wildman–Crippen LogP) is 2.50. The van der Waals surface area contributed by atoms with Gasteiger partial charge < -0.3 is 10.8 Å². The smallest absolute Gasteiger partial charge is 0.375 e. The van der Waals surface area contributed by atoms with Crippen molar-refractivity contribution >= 4 is 22.9 Å². The molecule has 0 amide bonds. The van der Waals surface area contributed by atoms with E-state index < -0.39 is 17.8 Å². The van der Waals surface area contributed by atoms with Gasteiger partial charge in [-0.05, 0) is 19.1 Å². The maximum atomic E-state index is 12.7. The molecule has 0 spiro atoms. The predicted molar refractivity (Wildman–Crippen MR) is 52.9 cm³/mol. The minimum atomic E-state index is -4.82. The van der Waals surface area contributed by atoms with Crippen molar-refractivity contribution in [3.8, 4) is 0 Å². The normalized spacial score (nSPS) is 18.6. The molecule has 0 saturated heterocycles. The Kier molecular flexibility index (Phi) is 3.35.